The lowest BCUT2D eigenvalue weighted by Gasteiger charge is -2.36. The molecule has 0 aliphatic carbocycles. The third-order valence-electron chi connectivity index (χ3n) is 4.08. The molecule has 108 valence electrons. The lowest BCUT2D eigenvalue weighted by atomic mass is 10.1. The maximum absolute atomic E-state index is 9.02. The summed E-state index contributed by atoms with van der Waals surface area (Å²) >= 11 is 3.60. The minimum atomic E-state index is -0.0122. The Morgan fingerprint density at radius 3 is 2.67 bits per heavy atom. The van der Waals surface area contributed by atoms with Crippen molar-refractivity contribution < 1.29 is 0 Å². The Labute approximate surface area is 133 Å². The van der Waals surface area contributed by atoms with Crippen LogP contribution in [-0.4, -0.2) is 42.1 Å². The normalized spacial score (nSPS) is 17.7. The predicted octanol–water partition coefficient (Wildman–Crippen LogP) is 3.03. The first-order chi connectivity index (χ1) is 10.2. The molecule has 5 heteroatoms. The first-order valence-corrected chi connectivity index (χ1v) is 7.92. The van der Waals surface area contributed by atoms with Gasteiger partial charge in [-0.1, -0.05) is 28.1 Å². The first kappa shape index (κ1) is 14.3. The van der Waals surface area contributed by atoms with E-state index < -0.39 is 0 Å². The third-order valence-corrected chi connectivity index (χ3v) is 4.77. The van der Waals surface area contributed by atoms with E-state index in [-0.39, 0.29) is 6.04 Å². The fraction of sp³-hybridized carbons (Fsp3) is 0.375. The summed E-state index contributed by atoms with van der Waals surface area (Å²) in [6.07, 6.45) is 1.87. The SMILES string of the molecule is CC(C#N)N1CCN(c2nccc3c(Br)cccc23)CC1. The summed E-state index contributed by atoms with van der Waals surface area (Å²) in [5.74, 6) is 1.04. The van der Waals surface area contributed by atoms with Crippen molar-refractivity contribution in [1.82, 2.24) is 9.88 Å². The zero-order valence-electron chi connectivity index (χ0n) is 12.0. The molecule has 4 nitrogen and oxygen atoms in total. The number of hydrogen-bond acceptors (Lipinski definition) is 4. The van der Waals surface area contributed by atoms with Gasteiger partial charge in [-0.2, -0.15) is 5.26 Å². The molecule has 1 atom stereocenters. The summed E-state index contributed by atoms with van der Waals surface area (Å²) in [6, 6.07) is 10.6. The van der Waals surface area contributed by atoms with E-state index in [0.29, 0.717) is 0 Å². The van der Waals surface area contributed by atoms with Gasteiger partial charge in [-0.3, -0.25) is 4.90 Å². The number of aromatic nitrogens is 1. The molecule has 0 spiro atoms. The molecule has 1 aliphatic heterocycles. The number of nitrogens with zero attached hydrogens (tertiary/aromatic N) is 4. The number of halogens is 1. The van der Waals surface area contributed by atoms with Crippen LogP contribution in [-0.2, 0) is 0 Å². The van der Waals surface area contributed by atoms with Gasteiger partial charge in [0.2, 0.25) is 0 Å². The van der Waals surface area contributed by atoms with Gasteiger partial charge in [0.15, 0.2) is 0 Å². The summed E-state index contributed by atoms with van der Waals surface area (Å²) in [5, 5.41) is 11.4. The molecule has 0 bridgehead atoms. The topological polar surface area (TPSA) is 43.2 Å². The van der Waals surface area contributed by atoms with Crippen LogP contribution in [0.3, 0.4) is 0 Å². The van der Waals surface area contributed by atoms with Gasteiger partial charge in [0.25, 0.3) is 0 Å². The van der Waals surface area contributed by atoms with Crippen LogP contribution in [0.4, 0.5) is 5.82 Å². The Bertz CT molecular complexity index is 686. The molecule has 2 aromatic rings. The molecule has 0 N–H and O–H groups in total. The molecular formula is C16H17BrN4. The van der Waals surface area contributed by atoms with E-state index in [0.717, 1.165) is 36.5 Å². The number of fused-ring (bicyclic) bond motifs is 1. The van der Waals surface area contributed by atoms with Crippen LogP contribution in [0, 0.1) is 11.3 Å². The molecule has 1 unspecified atom stereocenters. The van der Waals surface area contributed by atoms with Crippen LogP contribution in [0.15, 0.2) is 34.9 Å². The summed E-state index contributed by atoms with van der Waals surface area (Å²) in [6.45, 7) is 5.58. The highest BCUT2D eigenvalue weighted by Gasteiger charge is 2.22. The molecule has 21 heavy (non-hydrogen) atoms. The van der Waals surface area contributed by atoms with Gasteiger partial charge in [-0.25, -0.2) is 4.98 Å². The van der Waals surface area contributed by atoms with E-state index in [2.05, 4.69) is 48.9 Å². The Morgan fingerprint density at radius 1 is 1.19 bits per heavy atom. The van der Waals surface area contributed by atoms with Crippen LogP contribution < -0.4 is 4.90 Å². The van der Waals surface area contributed by atoms with Crippen molar-refractivity contribution in [1.29, 1.82) is 5.26 Å². The molecule has 1 aliphatic rings. The third kappa shape index (κ3) is 2.74. The Balaban J connectivity index is 1.86. The van der Waals surface area contributed by atoms with E-state index in [1.165, 1.54) is 10.8 Å². The van der Waals surface area contributed by atoms with Gasteiger partial charge in [-0.15, -0.1) is 0 Å². The average Bonchev–Trinajstić information content (AvgIpc) is 2.54. The zero-order chi connectivity index (χ0) is 14.8. The molecule has 2 heterocycles. The van der Waals surface area contributed by atoms with Crippen LogP contribution in [0.5, 0.6) is 0 Å². The fourth-order valence-corrected chi connectivity index (χ4v) is 3.31. The second-order valence-corrected chi connectivity index (χ2v) is 6.15. The van der Waals surface area contributed by atoms with Gasteiger partial charge in [0.05, 0.1) is 12.1 Å². The van der Waals surface area contributed by atoms with Gasteiger partial charge < -0.3 is 4.90 Å². The van der Waals surface area contributed by atoms with Crippen molar-refractivity contribution >= 4 is 32.5 Å². The largest absolute Gasteiger partial charge is 0.354 e. The number of nitriles is 1. The van der Waals surface area contributed by atoms with E-state index in [4.69, 9.17) is 5.26 Å². The number of hydrogen-bond donors (Lipinski definition) is 0. The standard InChI is InChI=1S/C16H17BrN4/c1-12(11-18)20-7-9-21(10-8-20)16-14-3-2-4-15(17)13(14)5-6-19-16/h2-6,12H,7-10H2,1H3. The lowest BCUT2D eigenvalue weighted by Crippen LogP contribution is -2.49. The van der Waals surface area contributed by atoms with Crippen molar-refractivity contribution in [3.8, 4) is 6.07 Å². The highest BCUT2D eigenvalue weighted by molar-refractivity contribution is 9.10. The van der Waals surface area contributed by atoms with Gasteiger partial charge in [-0.05, 0) is 19.1 Å². The van der Waals surface area contributed by atoms with Crippen molar-refractivity contribution in [2.45, 2.75) is 13.0 Å². The van der Waals surface area contributed by atoms with Crippen molar-refractivity contribution in [2.24, 2.45) is 0 Å². The van der Waals surface area contributed by atoms with Crippen LogP contribution in [0.1, 0.15) is 6.92 Å². The van der Waals surface area contributed by atoms with E-state index in [1.54, 1.807) is 0 Å². The molecule has 0 amide bonds. The first-order valence-electron chi connectivity index (χ1n) is 7.12. The summed E-state index contributed by atoms with van der Waals surface area (Å²) in [5.41, 5.74) is 0. The van der Waals surface area contributed by atoms with Crippen molar-refractivity contribution in [3.63, 3.8) is 0 Å². The fourth-order valence-electron chi connectivity index (χ4n) is 2.81. The van der Waals surface area contributed by atoms with Crippen LogP contribution in [0.25, 0.3) is 10.8 Å². The second-order valence-electron chi connectivity index (χ2n) is 5.30. The molecule has 0 saturated carbocycles. The number of benzene rings is 1. The molecule has 1 saturated heterocycles. The molecule has 1 aromatic carbocycles. The smallest absolute Gasteiger partial charge is 0.136 e. The minimum Gasteiger partial charge on any atom is -0.354 e. The maximum atomic E-state index is 9.02. The van der Waals surface area contributed by atoms with Crippen molar-refractivity contribution in [3.05, 3.63) is 34.9 Å². The van der Waals surface area contributed by atoms with Crippen molar-refractivity contribution in [2.75, 3.05) is 31.1 Å². The number of anilines is 1. The molecule has 1 fully saturated rings. The van der Waals surface area contributed by atoms with E-state index >= 15 is 0 Å². The highest BCUT2D eigenvalue weighted by atomic mass is 79.9. The van der Waals surface area contributed by atoms with Crippen LogP contribution >= 0.6 is 15.9 Å². The predicted molar refractivity (Wildman–Crippen MR) is 88.3 cm³/mol. The Hall–Kier alpha value is -1.64. The monoisotopic (exact) mass is 344 g/mol. The minimum absolute atomic E-state index is 0.0122. The van der Waals surface area contributed by atoms with E-state index in [9.17, 15) is 0 Å². The Kier molecular flexibility index (Phi) is 4.09. The quantitative estimate of drug-likeness (QED) is 0.839. The van der Waals surface area contributed by atoms with Crippen LogP contribution in [0.2, 0.25) is 0 Å². The maximum Gasteiger partial charge on any atom is 0.136 e. The average molecular weight is 345 g/mol. The molecule has 1 aromatic heterocycles. The highest BCUT2D eigenvalue weighted by Crippen LogP contribution is 2.30. The number of pyridine rings is 1. The van der Waals surface area contributed by atoms with Gasteiger partial charge in [0.1, 0.15) is 5.82 Å². The summed E-state index contributed by atoms with van der Waals surface area (Å²) < 4.78 is 1.10. The molecular weight excluding hydrogens is 328 g/mol. The van der Waals surface area contributed by atoms with Gasteiger partial charge in [0, 0.05) is 47.6 Å². The Morgan fingerprint density at radius 2 is 1.95 bits per heavy atom. The summed E-state index contributed by atoms with van der Waals surface area (Å²) in [4.78, 5) is 9.12. The second kappa shape index (κ2) is 6.00. The summed E-state index contributed by atoms with van der Waals surface area (Å²) in [7, 11) is 0. The number of piperazine rings is 1. The zero-order valence-corrected chi connectivity index (χ0v) is 13.5. The van der Waals surface area contributed by atoms with Gasteiger partial charge >= 0.3 is 0 Å². The number of rotatable bonds is 2. The van der Waals surface area contributed by atoms with E-state index in [1.807, 2.05) is 25.3 Å². The molecule has 3 rings (SSSR count). The lowest BCUT2D eigenvalue weighted by molar-refractivity contribution is 0.231. The molecule has 0 radical (unpaired) electrons.